The molecule has 0 amide bonds. The van der Waals surface area contributed by atoms with Crippen molar-refractivity contribution in [2.75, 3.05) is 21.3 Å². The van der Waals surface area contributed by atoms with Gasteiger partial charge in [-0.05, 0) is 6.92 Å². The molecule has 0 radical (unpaired) electrons. The number of carbonyl (C=O) groups is 1. The van der Waals surface area contributed by atoms with Crippen molar-refractivity contribution < 1.29 is 28.7 Å². The fourth-order valence-corrected chi connectivity index (χ4v) is 2.59. The van der Waals surface area contributed by atoms with Crippen LogP contribution in [0.25, 0.3) is 0 Å². The minimum atomic E-state index is -2.22. The third-order valence-corrected chi connectivity index (χ3v) is 4.83. The molecule has 3 N–H and O–H groups in total. The summed E-state index contributed by atoms with van der Waals surface area (Å²) in [5, 5.41) is 7.89. The van der Waals surface area contributed by atoms with E-state index < -0.39 is 14.8 Å². The highest BCUT2D eigenvalue weighted by Crippen LogP contribution is 2.13. The Kier molecular flexibility index (Phi) is 14.9. The van der Waals surface area contributed by atoms with Crippen molar-refractivity contribution >= 4 is 14.8 Å². The minimum Gasteiger partial charge on any atom is -0.478 e. The van der Waals surface area contributed by atoms with Gasteiger partial charge in [-0.2, -0.15) is 0 Å². The molecule has 0 bridgehead atoms. The van der Waals surface area contributed by atoms with E-state index in [1.54, 1.807) is 21.3 Å². The van der Waals surface area contributed by atoms with Crippen LogP contribution in [-0.2, 0) is 18.1 Å². The second-order valence-corrected chi connectivity index (χ2v) is 6.22. The molecule has 104 valence electrons. The smallest absolute Gasteiger partial charge is 0.478 e. The van der Waals surface area contributed by atoms with Gasteiger partial charge in [-0.1, -0.05) is 19.9 Å². The number of carboxylic acid groups (broad SMARTS) is 1. The van der Waals surface area contributed by atoms with E-state index in [9.17, 15) is 4.79 Å². The van der Waals surface area contributed by atoms with Crippen LogP contribution < -0.4 is 0 Å². The van der Waals surface area contributed by atoms with Gasteiger partial charge in [0.05, 0.1) is 0 Å². The van der Waals surface area contributed by atoms with Crippen LogP contribution in [0.3, 0.4) is 0 Å². The SMILES string of the molecule is C=C(C)C(=O)O.CCC[Si](OC)(OC)OC.O. The molecule has 0 aromatic rings. The van der Waals surface area contributed by atoms with Gasteiger partial charge in [0.25, 0.3) is 0 Å². The molecule has 0 atom stereocenters. The summed E-state index contributed by atoms with van der Waals surface area (Å²) in [6.07, 6.45) is 1.03. The van der Waals surface area contributed by atoms with Crippen molar-refractivity contribution in [1.29, 1.82) is 0 Å². The van der Waals surface area contributed by atoms with E-state index in [0.29, 0.717) is 0 Å². The standard InChI is InChI=1S/C6H16O3Si.C4H6O2.H2O/c1-5-6-10(7-2,8-3)9-4;1-3(2)4(5)6;/h5-6H2,1-4H3;1H2,2H3,(H,5,6);1H2. The maximum Gasteiger partial charge on any atom is 0.500 e. The van der Waals surface area contributed by atoms with Crippen LogP contribution in [0.4, 0.5) is 0 Å². The zero-order valence-electron chi connectivity index (χ0n) is 11.2. The van der Waals surface area contributed by atoms with Crippen molar-refractivity contribution in [3.63, 3.8) is 0 Å². The summed E-state index contributed by atoms with van der Waals surface area (Å²) in [6.45, 7) is 6.68. The molecule has 0 aromatic heterocycles. The number of aliphatic carboxylic acids is 1. The molecule has 0 saturated heterocycles. The summed E-state index contributed by atoms with van der Waals surface area (Å²) in [7, 11) is 2.68. The van der Waals surface area contributed by atoms with Gasteiger partial charge in [-0.15, -0.1) is 0 Å². The molecular weight excluding hydrogens is 244 g/mol. The maximum atomic E-state index is 9.60. The van der Waals surface area contributed by atoms with Crippen molar-refractivity contribution in [3.05, 3.63) is 12.2 Å². The predicted octanol–water partition coefficient (Wildman–Crippen LogP) is 1.10. The topological polar surface area (TPSA) is 96.5 Å². The molecule has 0 spiro atoms. The Morgan fingerprint density at radius 2 is 1.53 bits per heavy atom. The van der Waals surface area contributed by atoms with Crippen LogP contribution in [0.2, 0.25) is 6.04 Å². The Hall–Kier alpha value is -0.733. The fourth-order valence-electron chi connectivity index (χ4n) is 0.862. The highest BCUT2D eigenvalue weighted by atomic mass is 28.4. The largest absolute Gasteiger partial charge is 0.500 e. The predicted molar refractivity (Wildman–Crippen MR) is 67.9 cm³/mol. The highest BCUT2D eigenvalue weighted by molar-refractivity contribution is 6.60. The summed E-state index contributed by atoms with van der Waals surface area (Å²) in [5.41, 5.74) is 0.176. The first kappa shape index (κ1) is 21.5. The average Bonchev–Trinajstić information content (AvgIpc) is 2.27. The lowest BCUT2D eigenvalue weighted by Crippen LogP contribution is -2.42. The van der Waals surface area contributed by atoms with Crippen LogP contribution in [0, 0.1) is 0 Å². The summed E-state index contributed by atoms with van der Waals surface area (Å²) >= 11 is 0. The lowest BCUT2D eigenvalue weighted by atomic mass is 10.4. The average molecular weight is 268 g/mol. The number of rotatable bonds is 6. The van der Waals surface area contributed by atoms with Crippen LogP contribution in [0.1, 0.15) is 20.3 Å². The molecule has 17 heavy (non-hydrogen) atoms. The lowest BCUT2D eigenvalue weighted by molar-refractivity contribution is -0.132. The van der Waals surface area contributed by atoms with Gasteiger partial charge in [0.2, 0.25) is 0 Å². The molecule has 0 aliphatic heterocycles. The van der Waals surface area contributed by atoms with Crippen LogP contribution in [-0.4, -0.2) is 46.7 Å². The normalized spacial score (nSPS) is 9.71. The second-order valence-electron chi connectivity index (χ2n) is 3.13. The van der Waals surface area contributed by atoms with E-state index in [2.05, 4.69) is 13.5 Å². The Labute approximate surface area is 104 Å². The van der Waals surface area contributed by atoms with Gasteiger partial charge in [-0.3, -0.25) is 0 Å². The van der Waals surface area contributed by atoms with Crippen molar-refractivity contribution in [2.24, 2.45) is 0 Å². The summed E-state index contributed by atoms with van der Waals surface area (Å²) in [4.78, 5) is 9.60. The highest BCUT2D eigenvalue weighted by Gasteiger charge is 2.36. The maximum absolute atomic E-state index is 9.60. The third kappa shape index (κ3) is 10.2. The molecule has 0 aromatic carbocycles. The Morgan fingerprint density at radius 3 is 1.59 bits per heavy atom. The zero-order valence-corrected chi connectivity index (χ0v) is 12.2. The second kappa shape index (κ2) is 11.7. The van der Waals surface area contributed by atoms with Gasteiger partial charge in [0.15, 0.2) is 0 Å². The molecule has 7 heteroatoms. The fraction of sp³-hybridized carbons (Fsp3) is 0.700. The van der Waals surface area contributed by atoms with Gasteiger partial charge in [0.1, 0.15) is 0 Å². The first-order valence-electron chi connectivity index (χ1n) is 4.93. The van der Waals surface area contributed by atoms with Crippen molar-refractivity contribution in [1.82, 2.24) is 0 Å². The molecule has 0 heterocycles. The molecule has 0 fully saturated rings. The van der Waals surface area contributed by atoms with Crippen LogP contribution >= 0.6 is 0 Å². The third-order valence-electron chi connectivity index (χ3n) is 1.85. The summed E-state index contributed by atoms with van der Waals surface area (Å²) < 4.78 is 15.5. The lowest BCUT2D eigenvalue weighted by Gasteiger charge is -2.23. The summed E-state index contributed by atoms with van der Waals surface area (Å²) in [5.74, 6) is -0.935. The van der Waals surface area contributed by atoms with Gasteiger partial charge >= 0.3 is 14.8 Å². The minimum absolute atomic E-state index is 0. The molecule has 6 nitrogen and oxygen atoms in total. The Balaban J connectivity index is -0.000000244. The monoisotopic (exact) mass is 268 g/mol. The first-order chi connectivity index (χ1) is 7.39. The number of hydrogen-bond acceptors (Lipinski definition) is 4. The molecule has 0 unspecified atom stereocenters. The quantitative estimate of drug-likeness (QED) is 0.574. The van der Waals surface area contributed by atoms with Crippen LogP contribution in [0.5, 0.6) is 0 Å². The Morgan fingerprint density at radius 1 is 1.24 bits per heavy atom. The van der Waals surface area contributed by atoms with Crippen molar-refractivity contribution in [3.8, 4) is 0 Å². The van der Waals surface area contributed by atoms with Gasteiger partial charge < -0.3 is 23.9 Å². The number of hydrogen-bond donors (Lipinski definition) is 1. The molecule has 0 aliphatic carbocycles. The van der Waals surface area contributed by atoms with Gasteiger partial charge in [-0.25, -0.2) is 4.79 Å². The van der Waals surface area contributed by atoms with E-state index >= 15 is 0 Å². The van der Waals surface area contributed by atoms with Crippen LogP contribution in [0.15, 0.2) is 12.2 Å². The Bertz CT molecular complexity index is 195. The zero-order chi connectivity index (χ0) is 13.2. The number of carboxylic acids is 1. The van der Waals surface area contributed by atoms with E-state index in [0.717, 1.165) is 12.5 Å². The van der Waals surface area contributed by atoms with E-state index in [4.69, 9.17) is 18.4 Å². The molecule has 0 saturated carbocycles. The summed E-state index contributed by atoms with van der Waals surface area (Å²) in [6, 6.07) is 0.885. The van der Waals surface area contributed by atoms with Crippen molar-refractivity contribution in [2.45, 2.75) is 26.3 Å². The van der Waals surface area contributed by atoms with E-state index in [-0.39, 0.29) is 11.0 Å². The molecule has 0 rings (SSSR count). The van der Waals surface area contributed by atoms with Gasteiger partial charge in [0, 0.05) is 32.9 Å². The van der Waals surface area contributed by atoms with E-state index in [1.165, 1.54) is 6.92 Å². The van der Waals surface area contributed by atoms with E-state index in [1.807, 2.05) is 0 Å². The molecular formula is C10H24O6Si. The molecule has 0 aliphatic rings. The first-order valence-corrected chi connectivity index (χ1v) is 6.86.